The molecule has 1 heterocycles. The molecule has 1 aromatic rings. The third-order valence-electron chi connectivity index (χ3n) is 5.39. The number of rotatable bonds is 8. The van der Waals surface area contributed by atoms with Crippen molar-refractivity contribution in [3.63, 3.8) is 0 Å². The van der Waals surface area contributed by atoms with Crippen molar-refractivity contribution in [2.45, 2.75) is 63.0 Å². The van der Waals surface area contributed by atoms with Gasteiger partial charge in [-0.05, 0) is 31.5 Å². The monoisotopic (exact) mass is 411 g/mol. The first-order valence-corrected chi connectivity index (χ1v) is 9.83. The summed E-state index contributed by atoms with van der Waals surface area (Å²) in [5, 5.41) is 2.88. The summed E-state index contributed by atoms with van der Waals surface area (Å²) in [4.78, 5) is 13.2. The second-order valence-corrected chi connectivity index (χ2v) is 7.98. The summed E-state index contributed by atoms with van der Waals surface area (Å²) in [5.41, 5.74) is -0.385. The molecule has 4 atom stereocenters. The fraction of sp³-hybridized carbons (Fsp3) is 0.667. The second kappa shape index (κ2) is 9.06. The molecule has 0 unspecified atom stereocenters. The minimum absolute atomic E-state index is 0.163. The van der Waals surface area contributed by atoms with E-state index in [1.54, 1.807) is 26.4 Å². The number of carbonyl (C=O) groups excluding carboxylic acids is 1. The quantitative estimate of drug-likeness (QED) is 0.661. The van der Waals surface area contributed by atoms with E-state index in [0.29, 0.717) is 26.0 Å². The molecule has 2 aliphatic rings. The summed E-state index contributed by atoms with van der Waals surface area (Å²) in [5.74, 6) is -1.32. The molecular formula is C21H30FNO6. The molecule has 29 heavy (non-hydrogen) atoms. The zero-order valence-electron chi connectivity index (χ0n) is 17.4. The van der Waals surface area contributed by atoms with Gasteiger partial charge >= 0.3 is 0 Å². The van der Waals surface area contributed by atoms with Crippen molar-refractivity contribution in [1.82, 2.24) is 5.32 Å². The number of nitrogens with one attached hydrogen (secondary N) is 1. The van der Waals surface area contributed by atoms with Crippen LogP contribution in [0.5, 0.6) is 0 Å². The van der Waals surface area contributed by atoms with Crippen LogP contribution in [-0.4, -0.2) is 63.0 Å². The van der Waals surface area contributed by atoms with Gasteiger partial charge in [-0.15, -0.1) is 0 Å². The van der Waals surface area contributed by atoms with Crippen molar-refractivity contribution in [2.75, 3.05) is 27.4 Å². The number of benzene rings is 1. The number of methoxy groups -OCH3 is 2. The molecule has 0 bridgehead atoms. The molecule has 1 N–H and O–H groups in total. The van der Waals surface area contributed by atoms with Crippen LogP contribution in [0.2, 0.25) is 0 Å². The number of amides is 1. The van der Waals surface area contributed by atoms with Crippen molar-refractivity contribution in [3.8, 4) is 0 Å². The maximum absolute atomic E-state index is 13.2. The van der Waals surface area contributed by atoms with Gasteiger partial charge in [0.25, 0.3) is 5.91 Å². The smallest absolute Gasteiger partial charge is 0.252 e. The summed E-state index contributed by atoms with van der Waals surface area (Å²) in [6.07, 6.45) is -0.322. The Kier molecular flexibility index (Phi) is 6.90. The molecule has 3 rings (SSSR count). The summed E-state index contributed by atoms with van der Waals surface area (Å²) >= 11 is 0. The predicted octanol–water partition coefficient (Wildman–Crippen LogP) is 2.17. The van der Waals surface area contributed by atoms with Crippen molar-refractivity contribution >= 4 is 5.91 Å². The lowest BCUT2D eigenvalue weighted by Crippen LogP contribution is -2.60. The lowest BCUT2D eigenvalue weighted by atomic mass is 9.78. The number of hydrogen-bond acceptors (Lipinski definition) is 6. The summed E-state index contributed by atoms with van der Waals surface area (Å²) in [6, 6.07) is 6.03. The van der Waals surface area contributed by atoms with Gasteiger partial charge < -0.3 is 29.0 Å². The van der Waals surface area contributed by atoms with Crippen molar-refractivity contribution < 1.29 is 32.9 Å². The average molecular weight is 411 g/mol. The minimum Gasteiger partial charge on any atom is -0.383 e. The van der Waals surface area contributed by atoms with Crippen molar-refractivity contribution in [2.24, 2.45) is 0 Å². The first-order chi connectivity index (χ1) is 13.8. The van der Waals surface area contributed by atoms with Crippen LogP contribution in [0.25, 0.3) is 0 Å². The Balaban J connectivity index is 1.81. The Morgan fingerprint density at radius 2 is 1.93 bits per heavy atom. The van der Waals surface area contributed by atoms with Crippen LogP contribution in [0.3, 0.4) is 0 Å². The fourth-order valence-corrected chi connectivity index (χ4v) is 4.00. The number of carbonyl (C=O) groups is 1. The Labute approximate surface area is 170 Å². The van der Waals surface area contributed by atoms with Gasteiger partial charge in [-0.25, -0.2) is 4.39 Å². The normalized spacial score (nSPS) is 30.7. The molecule has 1 aliphatic heterocycles. The van der Waals surface area contributed by atoms with Crippen LogP contribution in [-0.2, 0) is 35.1 Å². The Morgan fingerprint density at radius 3 is 2.59 bits per heavy atom. The number of hydrogen-bond donors (Lipinski definition) is 1. The van der Waals surface area contributed by atoms with Crippen molar-refractivity contribution in [1.29, 1.82) is 0 Å². The zero-order chi connectivity index (χ0) is 21.1. The van der Waals surface area contributed by atoms with Crippen LogP contribution in [0.1, 0.15) is 32.3 Å². The SMILES string of the molecule is COCCNC(=O)[C@@]1(OCc2ccc(F)cc2)C[C@H](OC)[C@@H]2OC(C)(C)O[C@@H]2C1. The first-order valence-electron chi connectivity index (χ1n) is 9.83. The summed E-state index contributed by atoms with van der Waals surface area (Å²) in [6.45, 7) is 4.61. The molecule has 2 fully saturated rings. The standard InChI is InChI=1S/C21H30FNO6/c1-20(2)28-17-12-21(19(24)23-9-10-25-3,11-16(26-4)18(17)29-20)27-13-14-5-7-15(22)8-6-14/h5-8,16-18H,9-13H2,1-4H3,(H,23,24)/t16-,17+,18-,21+/m0/s1. The maximum atomic E-state index is 13.2. The highest BCUT2D eigenvalue weighted by atomic mass is 19.1. The van der Waals surface area contributed by atoms with E-state index in [9.17, 15) is 9.18 Å². The summed E-state index contributed by atoms with van der Waals surface area (Å²) < 4.78 is 42.2. The Bertz CT molecular complexity index is 697. The average Bonchev–Trinajstić information content (AvgIpc) is 3.00. The molecular weight excluding hydrogens is 381 g/mol. The molecule has 1 amide bonds. The van der Waals surface area contributed by atoms with Crippen molar-refractivity contribution in [3.05, 3.63) is 35.6 Å². The highest BCUT2D eigenvalue weighted by Gasteiger charge is 2.57. The minimum atomic E-state index is -1.16. The van der Waals surface area contributed by atoms with E-state index >= 15 is 0 Å². The molecule has 0 radical (unpaired) electrons. The van der Waals surface area contributed by atoms with E-state index in [2.05, 4.69) is 5.32 Å². The Morgan fingerprint density at radius 1 is 1.21 bits per heavy atom. The lowest BCUT2D eigenvalue weighted by Gasteiger charge is -2.43. The molecule has 0 spiro atoms. The highest BCUT2D eigenvalue weighted by Crippen LogP contribution is 2.43. The lowest BCUT2D eigenvalue weighted by molar-refractivity contribution is -0.178. The molecule has 7 nitrogen and oxygen atoms in total. The van der Waals surface area contributed by atoms with Gasteiger partial charge in [0.05, 0.1) is 25.4 Å². The van der Waals surface area contributed by atoms with E-state index in [0.717, 1.165) is 5.56 Å². The molecule has 1 aliphatic carbocycles. The van der Waals surface area contributed by atoms with Gasteiger partial charge in [-0.1, -0.05) is 12.1 Å². The van der Waals surface area contributed by atoms with Gasteiger partial charge in [0.1, 0.15) is 11.9 Å². The first kappa shape index (κ1) is 22.1. The van der Waals surface area contributed by atoms with E-state index in [1.165, 1.54) is 12.1 Å². The molecule has 8 heteroatoms. The van der Waals surface area contributed by atoms with Gasteiger partial charge in [0.2, 0.25) is 0 Å². The predicted molar refractivity (Wildman–Crippen MR) is 103 cm³/mol. The number of fused-ring (bicyclic) bond motifs is 1. The summed E-state index contributed by atoms with van der Waals surface area (Å²) in [7, 11) is 3.17. The largest absolute Gasteiger partial charge is 0.383 e. The van der Waals surface area contributed by atoms with E-state index in [-0.39, 0.29) is 36.6 Å². The topological polar surface area (TPSA) is 75.3 Å². The third-order valence-corrected chi connectivity index (χ3v) is 5.39. The van der Waals surface area contributed by atoms with Crippen LogP contribution >= 0.6 is 0 Å². The molecule has 162 valence electrons. The second-order valence-electron chi connectivity index (χ2n) is 7.98. The maximum Gasteiger partial charge on any atom is 0.252 e. The van der Waals surface area contributed by atoms with E-state index in [4.69, 9.17) is 23.7 Å². The van der Waals surface area contributed by atoms with Gasteiger partial charge in [0, 0.05) is 33.6 Å². The van der Waals surface area contributed by atoms with Gasteiger partial charge in [0.15, 0.2) is 11.4 Å². The molecule has 1 saturated carbocycles. The number of halogens is 1. The fourth-order valence-electron chi connectivity index (χ4n) is 4.00. The Hall–Kier alpha value is -1.58. The van der Waals surface area contributed by atoms with E-state index in [1.807, 2.05) is 13.8 Å². The highest BCUT2D eigenvalue weighted by molar-refractivity contribution is 5.85. The molecule has 1 aromatic carbocycles. The van der Waals surface area contributed by atoms with Crippen LogP contribution in [0, 0.1) is 5.82 Å². The van der Waals surface area contributed by atoms with E-state index < -0.39 is 11.4 Å². The zero-order valence-corrected chi connectivity index (χ0v) is 17.4. The van der Waals surface area contributed by atoms with Crippen LogP contribution < -0.4 is 5.32 Å². The molecule has 0 aromatic heterocycles. The number of ether oxygens (including phenoxy) is 5. The van der Waals surface area contributed by atoms with Crippen LogP contribution in [0.4, 0.5) is 4.39 Å². The van der Waals surface area contributed by atoms with Gasteiger partial charge in [-0.3, -0.25) is 4.79 Å². The van der Waals surface area contributed by atoms with Gasteiger partial charge in [-0.2, -0.15) is 0 Å². The molecule has 1 saturated heterocycles. The van der Waals surface area contributed by atoms with Crippen LogP contribution in [0.15, 0.2) is 24.3 Å². The third kappa shape index (κ3) is 5.13.